The molecule has 0 N–H and O–H groups in total. The SMILES string of the molecule is [Li][CH2]C(C)(C)CO[Si](CC)(CC)CC. The molecule has 0 heterocycles. The molecule has 0 aromatic rings. The molecular weight excluding hydrogens is 183 g/mol. The third-order valence-corrected chi connectivity index (χ3v) is 8.28. The average Bonchev–Trinajstić information content (AvgIpc) is 2.21. The first kappa shape index (κ1) is 14.8. The zero-order chi connectivity index (χ0) is 11.2. The molecule has 0 bridgehead atoms. The van der Waals surface area contributed by atoms with Crippen LogP contribution in [-0.4, -0.2) is 32.6 Å². The van der Waals surface area contributed by atoms with Crippen molar-refractivity contribution >= 4 is 26.0 Å². The van der Waals surface area contributed by atoms with Crippen LogP contribution >= 0.6 is 0 Å². The van der Waals surface area contributed by atoms with Crippen LogP contribution in [0.2, 0.25) is 23.2 Å². The van der Waals surface area contributed by atoms with Crippen LogP contribution in [0.15, 0.2) is 0 Å². The summed E-state index contributed by atoms with van der Waals surface area (Å²) in [7, 11) is -1.34. The quantitative estimate of drug-likeness (QED) is 0.581. The molecule has 0 saturated carbocycles. The predicted molar refractivity (Wildman–Crippen MR) is 67.5 cm³/mol. The van der Waals surface area contributed by atoms with E-state index in [0.717, 1.165) is 6.61 Å². The molecule has 0 aliphatic carbocycles. The van der Waals surface area contributed by atoms with Crippen molar-refractivity contribution in [3.63, 3.8) is 0 Å². The van der Waals surface area contributed by atoms with Crippen molar-refractivity contribution in [3.05, 3.63) is 0 Å². The summed E-state index contributed by atoms with van der Waals surface area (Å²) in [6.07, 6.45) is 0. The average molecular weight is 208 g/mol. The van der Waals surface area contributed by atoms with Crippen LogP contribution in [0.5, 0.6) is 0 Å². The third kappa shape index (κ3) is 4.53. The molecule has 0 aliphatic rings. The molecule has 0 radical (unpaired) electrons. The van der Waals surface area contributed by atoms with Gasteiger partial charge in [-0.2, -0.15) is 0 Å². The van der Waals surface area contributed by atoms with Crippen molar-refractivity contribution in [2.75, 3.05) is 6.61 Å². The number of rotatable bonds is 7. The van der Waals surface area contributed by atoms with E-state index in [2.05, 4.69) is 52.3 Å². The Kier molecular flexibility index (Phi) is 6.73. The molecule has 14 heavy (non-hydrogen) atoms. The first-order valence-electron chi connectivity index (χ1n) is 6.09. The van der Waals surface area contributed by atoms with Gasteiger partial charge in [0, 0.05) is 0 Å². The van der Waals surface area contributed by atoms with Gasteiger partial charge < -0.3 is 0 Å². The molecule has 0 unspecified atom stereocenters. The van der Waals surface area contributed by atoms with Gasteiger partial charge in [0.05, 0.1) is 0 Å². The third-order valence-electron chi connectivity index (χ3n) is 3.66. The Morgan fingerprint density at radius 3 is 1.79 bits per heavy atom. The van der Waals surface area contributed by atoms with Crippen molar-refractivity contribution in [3.8, 4) is 0 Å². The summed E-state index contributed by atoms with van der Waals surface area (Å²) in [5.41, 5.74) is 0.359. The molecule has 0 spiro atoms. The van der Waals surface area contributed by atoms with Gasteiger partial charge in [-0.15, -0.1) is 0 Å². The predicted octanol–water partition coefficient (Wildman–Crippen LogP) is 3.62. The first-order chi connectivity index (χ1) is 6.45. The number of hydrogen-bond acceptors (Lipinski definition) is 1. The van der Waals surface area contributed by atoms with E-state index in [0.29, 0.717) is 5.41 Å². The van der Waals surface area contributed by atoms with E-state index >= 15 is 0 Å². The minimum atomic E-state index is -1.34. The van der Waals surface area contributed by atoms with E-state index in [9.17, 15) is 0 Å². The monoisotopic (exact) mass is 208 g/mol. The first-order valence-corrected chi connectivity index (χ1v) is 8.62. The van der Waals surface area contributed by atoms with Crippen LogP contribution in [0, 0.1) is 5.41 Å². The maximum atomic E-state index is 6.27. The molecule has 0 fully saturated rings. The molecule has 0 aromatic carbocycles. The summed E-state index contributed by atoms with van der Waals surface area (Å²) in [4.78, 5) is 0. The second kappa shape index (κ2) is 6.38. The summed E-state index contributed by atoms with van der Waals surface area (Å²) < 4.78 is 6.27. The second-order valence-electron chi connectivity index (χ2n) is 5.05. The zero-order valence-corrected chi connectivity index (χ0v) is 11.9. The van der Waals surface area contributed by atoms with E-state index in [-0.39, 0.29) is 0 Å². The molecule has 0 aliphatic heterocycles. The molecule has 3 heteroatoms. The molecule has 0 amide bonds. The second-order valence-corrected chi connectivity index (χ2v) is 9.83. The summed E-state index contributed by atoms with van der Waals surface area (Å²) in [6.45, 7) is 12.4. The summed E-state index contributed by atoms with van der Waals surface area (Å²) in [6, 6.07) is 3.79. The van der Waals surface area contributed by atoms with Crippen molar-refractivity contribution in [2.45, 2.75) is 57.8 Å². The molecule has 80 valence electrons. The van der Waals surface area contributed by atoms with Gasteiger partial charge in [-0.3, -0.25) is 0 Å². The van der Waals surface area contributed by atoms with Crippen LogP contribution in [0.4, 0.5) is 0 Å². The molecule has 0 aromatic heterocycles. The van der Waals surface area contributed by atoms with Gasteiger partial charge in [-0.1, -0.05) is 0 Å². The standard InChI is InChI=1S/C11H25OSi.Li/c1-7-13(8-2,9-3)12-10-11(4,5)6;/h4,7-10H2,1-3,5-6H3;. The van der Waals surface area contributed by atoms with E-state index in [1.54, 1.807) is 0 Å². The van der Waals surface area contributed by atoms with Gasteiger partial charge in [0.25, 0.3) is 0 Å². The molecular formula is C11H25LiOSi. The van der Waals surface area contributed by atoms with E-state index in [1.165, 1.54) is 23.2 Å². The van der Waals surface area contributed by atoms with Crippen molar-refractivity contribution < 1.29 is 4.43 Å². The van der Waals surface area contributed by atoms with E-state index in [1.807, 2.05) is 0 Å². The summed E-state index contributed by atoms with van der Waals surface area (Å²) in [5, 5.41) is 1.20. The van der Waals surface area contributed by atoms with Gasteiger partial charge in [-0.25, -0.2) is 0 Å². The number of hydrogen-bond donors (Lipinski definition) is 0. The van der Waals surface area contributed by atoms with Crippen molar-refractivity contribution in [1.29, 1.82) is 0 Å². The van der Waals surface area contributed by atoms with Gasteiger partial charge in [0.2, 0.25) is 0 Å². The fourth-order valence-electron chi connectivity index (χ4n) is 1.51. The van der Waals surface area contributed by atoms with Crippen LogP contribution in [0.25, 0.3) is 0 Å². The van der Waals surface area contributed by atoms with Crippen LogP contribution in [-0.2, 0) is 4.43 Å². The Labute approximate surface area is 100 Å². The van der Waals surface area contributed by atoms with Crippen LogP contribution in [0.1, 0.15) is 34.6 Å². The van der Waals surface area contributed by atoms with Gasteiger partial charge in [0.1, 0.15) is 0 Å². The van der Waals surface area contributed by atoms with E-state index < -0.39 is 8.32 Å². The van der Waals surface area contributed by atoms with E-state index in [4.69, 9.17) is 4.43 Å². The van der Waals surface area contributed by atoms with Crippen molar-refractivity contribution in [1.82, 2.24) is 0 Å². The molecule has 1 nitrogen and oxygen atoms in total. The van der Waals surface area contributed by atoms with Gasteiger partial charge in [-0.05, 0) is 0 Å². The molecule has 0 rings (SSSR count). The van der Waals surface area contributed by atoms with Gasteiger partial charge in [0.15, 0.2) is 0 Å². The fourth-order valence-corrected chi connectivity index (χ4v) is 4.32. The molecule has 0 atom stereocenters. The normalized spacial score (nSPS) is 13.4. The van der Waals surface area contributed by atoms with Crippen molar-refractivity contribution in [2.24, 2.45) is 5.41 Å². The Morgan fingerprint density at radius 2 is 1.50 bits per heavy atom. The van der Waals surface area contributed by atoms with Crippen LogP contribution in [0.3, 0.4) is 0 Å². The Balaban J connectivity index is 4.19. The molecule has 0 saturated heterocycles. The summed E-state index contributed by atoms with van der Waals surface area (Å²) >= 11 is 2.25. The maximum absolute atomic E-state index is 6.27. The Hall–Kier alpha value is 0.774. The zero-order valence-electron chi connectivity index (χ0n) is 10.9. The fraction of sp³-hybridized carbons (Fsp3) is 1.00. The Bertz CT molecular complexity index is 147. The Morgan fingerprint density at radius 1 is 1.07 bits per heavy atom. The minimum absolute atomic E-state index is 0.359. The van der Waals surface area contributed by atoms with Crippen LogP contribution < -0.4 is 0 Å². The summed E-state index contributed by atoms with van der Waals surface area (Å²) in [5.74, 6) is 0. The topological polar surface area (TPSA) is 9.23 Å². The van der Waals surface area contributed by atoms with Gasteiger partial charge >= 0.3 is 100 Å².